The summed E-state index contributed by atoms with van der Waals surface area (Å²) in [6.45, 7) is 0. The number of para-hydroxylation sites is 1. The first-order chi connectivity index (χ1) is 13.0. The van der Waals surface area contributed by atoms with Crippen molar-refractivity contribution in [2.45, 2.75) is 5.92 Å². The highest BCUT2D eigenvalue weighted by atomic mass is 79.9. The van der Waals surface area contributed by atoms with Crippen LogP contribution in [-0.2, 0) is 9.53 Å². The van der Waals surface area contributed by atoms with Crippen LogP contribution in [-0.4, -0.2) is 13.1 Å². The molecular weight excluding hydrogens is 414 g/mol. The third kappa shape index (κ3) is 2.80. The van der Waals surface area contributed by atoms with Gasteiger partial charge in [-0.05, 0) is 29.8 Å². The quantitative estimate of drug-likeness (QED) is 0.629. The van der Waals surface area contributed by atoms with Crippen LogP contribution in [0.3, 0.4) is 0 Å². The Labute approximate surface area is 162 Å². The lowest BCUT2D eigenvalue weighted by atomic mass is 9.86. The third-order valence-electron chi connectivity index (χ3n) is 4.40. The third-order valence-corrected chi connectivity index (χ3v) is 4.89. The minimum atomic E-state index is -0.740. The van der Waals surface area contributed by atoms with E-state index >= 15 is 0 Å². The molecule has 1 aliphatic rings. The van der Waals surface area contributed by atoms with E-state index in [-0.39, 0.29) is 28.4 Å². The highest BCUT2D eigenvalue weighted by Crippen LogP contribution is 2.42. The van der Waals surface area contributed by atoms with Gasteiger partial charge in [-0.25, -0.2) is 4.79 Å². The monoisotopic (exact) mass is 427 g/mol. The van der Waals surface area contributed by atoms with Crippen LogP contribution in [0.25, 0.3) is 11.0 Å². The molecule has 4 rings (SSSR count). The lowest BCUT2D eigenvalue weighted by Gasteiger charge is -2.26. The van der Waals surface area contributed by atoms with Crippen LogP contribution in [0.1, 0.15) is 17.2 Å². The maximum Gasteiger partial charge on any atom is 0.340 e. The fraction of sp³-hybridized carbons (Fsp3) is 0.100. The second kappa shape index (κ2) is 6.59. The Morgan fingerprint density at radius 3 is 2.70 bits per heavy atom. The zero-order chi connectivity index (χ0) is 19.1. The maximum atomic E-state index is 12.9. The molecule has 0 saturated carbocycles. The topological polar surface area (TPSA) is 91.8 Å². The van der Waals surface area contributed by atoms with Gasteiger partial charge in [0.05, 0.1) is 18.4 Å². The van der Waals surface area contributed by atoms with Crippen LogP contribution in [0.2, 0.25) is 0 Å². The van der Waals surface area contributed by atoms with Crippen molar-refractivity contribution in [1.29, 1.82) is 0 Å². The molecule has 136 valence electrons. The summed E-state index contributed by atoms with van der Waals surface area (Å²) < 4.78 is 17.2. The van der Waals surface area contributed by atoms with E-state index in [1.165, 1.54) is 7.11 Å². The Morgan fingerprint density at radius 2 is 1.96 bits per heavy atom. The zero-order valence-corrected chi connectivity index (χ0v) is 15.8. The normalized spacial score (nSPS) is 16.0. The minimum absolute atomic E-state index is 0.0242. The lowest BCUT2D eigenvalue weighted by molar-refractivity contribution is -0.136. The Balaban J connectivity index is 2.06. The summed E-state index contributed by atoms with van der Waals surface area (Å²) >= 11 is 3.43. The van der Waals surface area contributed by atoms with Crippen molar-refractivity contribution in [3.63, 3.8) is 0 Å². The number of nitrogens with two attached hydrogens (primary N) is 1. The van der Waals surface area contributed by atoms with Crippen molar-refractivity contribution in [3.05, 3.63) is 86.0 Å². The molecular formula is C20H14BrNO5. The fourth-order valence-corrected chi connectivity index (χ4v) is 3.62. The smallest absolute Gasteiger partial charge is 0.340 e. The summed E-state index contributed by atoms with van der Waals surface area (Å²) in [5.74, 6) is -1.38. The first kappa shape index (κ1) is 17.4. The van der Waals surface area contributed by atoms with Crippen molar-refractivity contribution in [2.24, 2.45) is 5.73 Å². The largest absolute Gasteiger partial charge is 0.465 e. The molecule has 0 bridgehead atoms. The number of fused-ring (bicyclic) bond motifs is 2. The van der Waals surface area contributed by atoms with Gasteiger partial charge in [0.15, 0.2) is 5.76 Å². The average molecular weight is 428 g/mol. The van der Waals surface area contributed by atoms with Gasteiger partial charge in [-0.1, -0.05) is 40.2 Å². The molecule has 0 saturated heterocycles. The van der Waals surface area contributed by atoms with Gasteiger partial charge >= 0.3 is 5.97 Å². The van der Waals surface area contributed by atoms with Crippen LogP contribution in [0.15, 0.2) is 73.7 Å². The summed E-state index contributed by atoms with van der Waals surface area (Å²) in [5, 5.41) is 0.374. The van der Waals surface area contributed by atoms with Crippen molar-refractivity contribution in [3.8, 4) is 5.75 Å². The molecule has 1 aliphatic heterocycles. The molecule has 0 fully saturated rings. The van der Waals surface area contributed by atoms with Crippen LogP contribution >= 0.6 is 15.9 Å². The number of hydrogen-bond acceptors (Lipinski definition) is 6. The molecule has 3 aromatic rings. The summed E-state index contributed by atoms with van der Waals surface area (Å²) in [7, 11) is 1.26. The number of carbonyl (C=O) groups is 1. The predicted molar refractivity (Wildman–Crippen MR) is 102 cm³/mol. The van der Waals surface area contributed by atoms with Gasteiger partial charge in [-0.3, -0.25) is 4.79 Å². The van der Waals surface area contributed by atoms with Gasteiger partial charge in [-0.2, -0.15) is 0 Å². The van der Waals surface area contributed by atoms with Crippen molar-refractivity contribution < 1.29 is 18.7 Å². The Hall–Kier alpha value is -3.06. The summed E-state index contributed by atoms with van der Waals surface area (Å²) in [5.41, 5.74) is 6.85. The van der Waals surface area contributed by atoms with E-state index in [1.807, 2.05) is 24.3 Å². The second-order valence-electron chi connectivity index (χ2n) is 5.98. The van der Waals surface area contributed by atoms with Gasteiger partial charge in [0.25, 0.3) is 0 Å². The number of methoxy groups -OCH3 is 1. The maximum absolute atomic E-state index is 12.9. The highest BCUT2D eigenvalue weighted by Gasteiger charge is 2.39. The zero-order valence-electron chi connectivity index (χ0n) is 14.2. The summed E-state index contributed by atoms with van der Waals surface area (Å²) in [6, 6.07) is 14.1. The number of benzene rings is 2. The van der Waals surface area contributed by atoms with E-state index < -0.39 is 11.9 Å². The van der Waals surface area contributed by atoms with Gasteiger partial charge in [-0.15, -0.1) is 0 Å². The van der Waals surface area contributed by atoms with Gasteiger partial charge in [0.1, 0.15) is 11.2 Å². The molecule has 0 spiro atoms. The molecule has 1 unspecified atom stereocenters. The summed E-state index contributed by atoms with van der Waals surface area (Å²) in [4.78, 5) is 25.4. The molecule has 1 aromatic heterocycles. The van der Waals surface area contributed by atoms with E-state index in [2.05, 4.69) is 15.9 Å². The summed E-state index contributed by atoms with van der Waals surface area (Å²) in [6.07, 6.45) is 0. The standard InChI is InChI=1S/C20H14BrNO5/c1-25-20(24)15-14(10-5-4-6-11(21)9-10)17-18(27-19(15)22)16(23)12-7-2-3-8-13(12)26-17/h2-9,14H,22H2,1H3. The Bertz CT molecular complexity index is 1160. The highest BCUT2D eigenvalue weighted by molar-refractivity contribution is 9.10. The predicted octanol–water partition coefficient (Wildman–Crippen LogP) is 3.42. The Kier molecular flexibility index (Phi) is 4.24. The fourth-order valence-electron chi connectivity index (χ4n) is 3.20. The van der Waals surface area contributed by atoms with Gasteiger partial charge in [0, 0.05) is 4.47 Å². The first-order valence-electron chi connectivity index (χ1n) is 8.08. The molecule has 2 aromatic carbocycles. The molecule has 0 aliphatic carbocycles. The van der Waals surface area contributed by atoms with Crippen LogP contribution < -0.4 is 15.9 Å². The van der Waals surface area contributed by atoms with Gasteiger partial charge in [0.2, 0.25) is 17.1 Å². The Morgan fingerprint density at radius 1 is 1.19 bits per heavy atom. The van der Waals surface area contributed by atoms with E-state index in [1.54, 1.807) is 24.3 Å². The molecule has 6 nitrogen and oxygen atoms in total. The molecule has 2 N–H and O–H groups in total. The van der Waals surface area contributed by atoms with Gasteiger partial charge < -0.3 is 19.6 Å². The van der Waals surface area contributed by atoms with Crippen molar-refractivity contribution in [2.75, 3.05) is 7.11 Å². The van der Waals surface area contributed by atoms with E-state index in [4.69, 9.17) is 19.6 Å². The lowest BCUT2D eigenvalue weighted by Crippen LogP contribution is -2.29. The van der Waals surface area contributed by atoms with E-state index in [0.29, 0.717) is 16.5 Å². The molecule has 2 heterocycles. The SMILES string of the molecule is COC(=O)C1=C(N)Oc2c(oc3ccccc3c2=O)C1c1cccc(Br)c1. The van der Waals surface area contributed by atoms with Crippen LogP contribution in [0.5, 0.6) is 5.75 Å². The van der Waals surface area contributed by atoms with Crippen LogP contribution in [0.4, 0.5) is 0 Å². The number of rotatable bonds is 2. The number of ether oxygens (including phenoxy) is 2. The second-order valence-corrected chi connectivity index (χ2v) is 6.90. The molecule has 27 heavy (non-hydrogen) atoms. The van der Waals surface area contributed by atoms with Crippen molar-refractivity contribution >= 4 is 32.9 Å². The number of halogens is 1. The van der Waals surface area contributed by atoms with Crippen molar-refractivity contribution in [1.82, 2.24) is 0 Å². The van der Waals surface area contributed by atoms with E-state index in [9.17, 15) is 9.59 Å². The van der Waals surface area contributed by atoms with Crippen LogP contribution in [0, 0.1) is 0 Å². The number of esters is 1. The number of hydrogen-bond donors (Lipinski definition) is 1. The van der Waals surface area contributed by atoms with E-state index in [0.717, 1.165) is 4.47 Å². The number of carbonyl (C=O) groups excluding carboxylic acids is 1. The molecule has 0 amide bonds. The molecule has 1 atom stereocenters. The molecule has 7 heteroatoms. The molecule has 0 radical (unpaired) electrons. The minimum Gasteiger partial charge on any atom is -0.465 e. The average Bonchev–Trinajstić information content (AvgIpc) is 2.67. The first-order valence-corrected chi connectivity index (χ1v) is 8.87.